The van der Waals surface area contributed by atoms with Crippen LogP contribution in [-0.4, -0.2) is 29.2 Å². The minimum Gasteiger partial charge on any atom is -0.395 e. The van der Waals surface area contributed by atoms with Crippen LogP contribution in [0.4, 0.5) is 0 Å². The number of nitrogens with zero attached hydrogens (tertiary/aromatic N) is 1. The van der Waals surface area contributed by atoms with Crippen LogP contribution < -0.4 is 0 Å². The fraction of sp³-hybridized carbons (Fsp3) is 0.647. The zero-order chi connectivity index (χ0) is 13.7. The van der Waals surface area contributed by atoms with Gasteiger partial charge in [-0.25, -0.2) is 0 Å². The highest BCUT2D eigenvalue weighted by Crippen LogP contribution is 2.24. The second-order valence-corrected chi connectivity index (χ2v) is 5.98. The number of hydrogen-bond donors (Lipinski definition) is 1. The van der Waals surface area contributed by atoms with Crippen molar-refractivity contribution in [3.05, 3.63) is 34.9 Å². The highest BCUT2D eigenvalue weighted by molar-refractivity contribution is 5.28. The van der Waals surface area contributed by atoms with Gasteiger partial charge in [0.1, 0.15) is 0 Å². The molecule has 19 heavy (non-hydrogen) atoms. The summed E-state index contributed by atoms with van der Waals surface area (Å²) in [5, 5.41) is 9.31. The van der Waals surface area contributed by atoms with Crippen LogP contribution in [-0.2, 0) is 6.54 Å². The molecule has 0 amide bonds. The van der Waals surface area contributed by atoms with E-state index < -0.39 is 0 Å². The van der Waals surface area contributed by atoms with Crippen molar-refractivity contribution in [3.63, 3.8) is 0 Å². The van der Waals surface area contributed by atoms with Gasteiger partial charge in [-0.15, -0.1) is 0 Å². The molecule has 1 aliphatic carbocycles. The zero-order valence-electron chi connectivity index (χ0n) is 12.4. The smallest absolute Gasteiger partial charge is 0.0558 e. The van der Waals surface area contributed by atoms with Crippen LogP contribution in [0.1, 0.15) is 48.8 Å². The molecule has 2 rings (SSSR count). The molecule has 0 spiro atoms. The van der Waals surface area contributed by atoms with Gasteiger partial charge >= 0.3 is 0 Å². The summed E-state index contributed by atoms with van der Waals surface area (Å²) in [6.45, 7) is 6.37. The van der Waals surface area contributed by atoms with Gasteiger partial charge in [0.15, 0.2) is 0 Å². The van der Waals surface area contributed by atoms with E-state index >= 15 is 0 Å². The average Bonchev–Trinajstić information content (AvgIpc) is 2.38. The van der Waals surface area contributed by atoms with Crippen molar-refractivity contribution in [1.29, 1.82) is 0 Å². The third-order valence-corrected chi connectivity index (χ3v) is 4.15. The van der Waals surface area contributed by atoms with Gasteiger partial charge in [0, 0.05) is 19.1 Å². The third-order valence-electron chi connectivity index (χ3n) is 4.15. The van der Waals surface area contributed by atoms with Gasteiger partial charge in [-0.3, -0.25) is 4.90 Å². The fourth-order valence-electron chi connectivity index (χ4n) is 3.36. The van der Waals surface area contributed by atoms with E-state index in [1.54, 1.807) is 0 Å². The second kappa shape index (κ2) is 7.06. The largest absolute Gasteiger partial charge is 0.395 e. The summed E-state index contributed by atoms with van der Waals surface area (Å²) in [6, 6.07) is 7.45. The highest BCUT2D eigenvalue weighted by atomic mass is 16.3. The summed E-state index contributed by atoms with van der Waals surface area (Å²) in [5.41, 5.74) is 4.06. The number of rotatable bonds is 5. The molecule has 1 aliphatic rings. The van der Waals surface area contributed by atoms with Crippen LogP contribution in [0.15, 0.2) is 18.2 Å². The molecule has 0 atom stereocenters. The lowest BCUT2D eigenvalue weighted by Crippen LogP contribution is -2.38. The first-order valence-corrected chi connectivity index (χ1v) is 7.61. The number of aryl methyl sites for hydroxylation is 2. The number of benzene rings is 1. The number of hydrogen-bond acceptors (Lipinski definition) is 2. The average molecular weight is 261 g/mol. The molecule has 0 aromatic heterocycles. The summed E-state index contributed by atoms with van der Waals surface area (Å²) in [4.78, 5) is 2.48. The van der Waals surface area contributed by atoms with Gasteiger partial charge in [-0.05, 0) is 32.3 Å². The maximum atomic E-state index is 9.31. The lowest BCUT2D eigenvalue weighted by atomic mass is 9.93. The lowest BCUT2D eigenvalue weighted by Gasteiger charge is -2.34. The summed E-state index contributed by atoms with van der Waals surface area (Å²) < 4.78 is 0. The molecule has 0 radical (unpaired) electrons. The second-order valence-electron chi connectivity index (χ2n) is 5.98. The molecule has 1 fully saturated rings. The van der Waals surface area contributed by atoms with Crippen LogP contribution in [0, 0.1) is 13.8 Å². The molecule has 1 saturated carbocycles. The van der Waals surface area contributed by atoms with Crippen molar-refractivity contribution in [2.45, 2.75) is 58.5 Å². The fourth-order valence-corrected chi connectivity index (χ4v) is 3.36. The molecule has 0 saturated heterocycles. The van der Waals surface area contributed by atoms with Crippen LogP contribution in [0.25, 0.3) is 0 Å². The summed E-state index contributed by atoms with van der Waals surface area (Å²) in [6.07, 6.45) is 6.67. The summed E-state index contributed by atoms with van der Waals surface area (Å²) >= 11 is 0. The molecular formula is C17H27NO. The standard InChI is InChI=1S/C17H27NO/c1-14-10-15(2)12-16(11-14)13-18(8-9-19)17-6-4-3-5-7-17/h10-12,17,19H,3-9,13H2,1-2H3. The van der Waals surface area contributed by atoms with Crippen molar-refractivity contribution >= 4 is 0 Å². The van der Waals surface area contributed by atoms with Crippen LogP contribution >= 0.6 is 0 Å². The van der Waals surface area contributed by atoms with Gasteiger partial charge in [0.2, 0.25) is 0 Å². The Kier molecular flexibility index (Phi) is 5.41. The van der Waals surface area contributed by atoms with Gasteiger partial charge in [-0.1, -0.05) is 48.6 Å². The Labute approximate surface area is 117 Å². The summed E-state index contributed by atoms with van der Waals surface area (Å²) in [5.74, 6) is 0. The van der Waals surface area contributed by atoms with Crippen LogP contribution in [0.2, 0.25) is 0 Å². The van der Waals surface area contributed by atoms with Gasteiger partial charge in [-0.2, -0.15) is 0 Å². The molecule has 1 aromatic rings. The maximum Gasteiger partial charge on any atom is 0.0558 e. The van der Waals surface area contributed by atoms with E-state index in [0.717, 1.165) is 13.1 Å². The lowest BCUT2D eigenvalue weighted by molar-refractivity contribution is 0.117. The summed E-state index contributed by atoms with van der Waals surface area (Å²) in [7, 11) is 0. The molecule has 1 aromatic carbocycles. The molecule has 1 N–H and O–H groups in total. The van der Waals surface area contributed by atoms with E-state index in [1.807, 2.05) is 0 Å². The monoisotopic (exact) mass is 261 g/mol. The Bertz CT molecular complexity index is 376. The van der Waals surface area contributed by atoms with E-state index in [1.165, 1.54) is 48.8 Å². The Morgan fingerprint density at radius 3 is 2.26 bits per heavy atom. The predicted molar refractivity (Wildman–Crippen MR) is 80.3 cm³/mol. The minimum atomic E-state index is 0.265. The first-order chi connectivity index (χ1) is 9.19. The first-order valence-electron chi connectivity index (χ1n) is 7.61. The van der Waals surface area contributed by atoms with Crippen molar-refractivity contribution in [3.8, 4) is 0 Å². The SMILES string of the molecule is Cc1cc(C)cc(CN(CCO)C2CCCCC2)c1. The number of aliphatic hydroxyl groups is 1. The number of aliphatic hydroxyl groups excluding tert-OH is 1. The maximum absolute atomic E-state index is 9.31. The van der Waals surface area contributed by atoms with Crippen molar-refractivity contribution in [1.82, 2.24) is 4.90 Å². The molecular weight excluding hydrogens is 234 g/mol. The van der Waals surface area contributed by atoms with Crippen LogP contribution in [0.3, 0.4) is 0 Å². The van der Waals surface area contributed by atoms with Gasteiger partial charge in [0.25, 0.3) is 0 Å². The van der Waals surface area contributed by atoms with E-state index in [-0.39, 0.29) is 6.61 Å². The minimum absolute atomic E-state index is 0.265. The molecule has 2 nitrogen and oxygen atoms in total. The Hall–Kier alpha value is -0.860. The molecule has 0 aliphatic heterocycles. The van der Waals surface area contributed by atoms with Crippen LogP contribution in [0.5, 0.6) is 0 Å². The van der Waals surface area contributed by atoms with Crippen molar-refractivity contribution in [2.24, 2.45) is 0 Å². The first kappa shape index (κ1) is 14.5. The van der Waals surface area contributed by atoms with E-state index in [2.05, 4.69) is 36.9 Å². The molecule has 0 unspecified atom stereocenters. The van der Waals surface area contributed by atoms with Crippen molar-refractivity contribution < 1.29 is 5.11 Å². The van der Waals surface area contributed by atoms with E-state index in [0.29, 0.717) is 6.04 Å². The van der Waals surface area contributed by atoms with Crippen molar-refractivity contribution in [2.75, 3.05) is 13.2 Å². The predicted octanol–water partition coefficient (Wildman–Crippen LogP) is 3.43. The van der Waals surface area contributed by atoms with Gasteiger partial charge in [0.05, 0.1) is 6.61 Å². The molecule has 0 bridgehead atoms. The third kappa shape index (κ3) is 4.32. The Morgan fingerprint density at radius 2 is 1.68 bits per heavy atom. The highest BCUT2D eigenvalue weighted by Gasteiger charge is 2.20. The molecule has 106 valence electrons. The van der Waals surface area contributed by atoms with E-state index in [9.17, 15) is 5.11 Å². The molecule has 2 heteroatoms. The van der Waals surface area contributed by atoms with E-state index in [4.69, 9.17) is 0 Å². The normalized spacial score (nSPS) is 17.1. The van der Waals surface area contributed by atoms with Gasteiger partial charge < -0.3 is 5.11 Å². The topological polar surface area (TPSA) is 23.5 Å². The Balaban J connectivity index is 2.06. The molecule has 0 heterocycles. The quantitative estimate of drug-likeness (QED) is 0.878. The Morgan fingerprint density at radius 1 is 1.05 bits per heavy atom. The zero-order valence-corrected chi connectivity index (χ0v) is 12.4.